The summed E-state index contributed by atoms with van der Waals surface area (Å²) >= 11 is 0. The monoisotopic (exact) mass is 651 g/mol. The zero-order valence-electron chi connectivity index (χ0n) is 22.2. The van der Waals surface area contributed by atoms with Crippen molar-refractivity contribution in [2.75, 3.05) is 0 Å². The predicted molar refractivity (Wildman–Crippen MR) is 138 cm³/mol. The average molecular weight is 652 g/mol. The minimum Gasteiger partial charge on any atom is -0.573 e. The summed E-state index contributed by atoms with van der Waals surface area (Å²) < 4.78 is 0. The van der Waals surface area contributed by atoms with Crippen LogP contribution in [0.25, 0.3) is 22.8 Å². The van der Waals surface area contributed by atoms with Crippen LogP contribution in [0.2, 0.25) is 0 Å². The van der Waals surface area contributed by atoms with Crippen molar-refractivity contribution in [3.8, 4) is 22.8 Å². The second kappa shape index (κ2) is 11.0. The van der Waals surface area contributed by atoms with Crippen molar-refractivity contribution in [1.29, 1.82) is 0 Å². The van der Waals surface area contributed by atoms with Crippen molar-refractivity contribution in [2.45, 2.75) is 78.6 Å². The second-order valence-corrected chi connectivity index (χ2v) is 11.6. The summed E-state index contributed by atoms with van der Waals surface area (Å²) in [5.74, 6) is 0. The van der Waals surface area contributed by atoms with E-state index in [0.717, 1.165) is 34.2 Å². The minimum atomic E-state index is -0.0262. The molecule has 0 radical (unpaired) electrons. The smallest absolute Gasteiger partial charge is 0.573 e. The molecule has 0 spiro atoms. The van der Waals surface area contributed by atoms with E-state index in [1.165, 1.54) is 5.56 Å². The fourth-order valence-electron chi connectivity index (χ4n) is 3.15. The van der Waals surface area contributed by atoms with Gasteiger partial charge in [-0.05, 0) is 35.2 Å². The zero-order valence-corrected chi connectivity index (χ0v) is 24.5. The number of rotatable bonds is 2. The first kappa shape index (κ1) is 28.6. The molecule has 0 N–H and O–H groups in total. The molecule has 0 aliphatic carbocycles. The van der Waals surface area contributed by atoms with E-state index in [1.54, 1.807) is 0 Å². The topological polar surface area (TPSA) is 79.8 Å². The molecule has 4 aromatic heterocycles. The maximum Gasteiger partial charge on any atom is 2.00 e. The molecule has 0 aliphatic rings. The van der Waals surface area contributed by atoms with Gasteiger partial charge in [-0.15, -0.1) is 0 Å². The number of aromatic nitrogens is 6. The van der Waals surface area contributed by atoms with Gasteiger partial charge in [0.25, 0.3) is 0 Å². The molecule has 0 saturated heterocycles. The molecule has 0 aromatic carbocycles. The van der Waals surface area contributed by atoms with Crippen LogP contribution in [0.15, 0.2) is 54.9 Å². The molecular formula is C28H36N6Pt. The maximum absolute atomic E-state index is 4.70. The molecule has 0 unspecified atom stereocenters. The van der Waals surface area contributed by atoms with Gasteiger partial charge in [-0.3, -0.25) is 9.97 Å². The minimum absolute atomic E-state index is 0. The summed E-state index contributed by atoms with van der Waals surface area (Å²) in [4.78, 5) is 8.66. The molecule has 0 aliphatic heterocycles. The number of pyridine rings is 2. The first-order chi connectivity index (χ1) is 15.7. The summed E-state index contributed by atoms with van der Waals surface area (Å²) in [6.45, 7) is 19.3. The number of hydrogen-bond donors (Lipinski definition) is 0. The van der Waals surface area contributed by atoms with E-state index in [2.05, 4.69) is 99.8 Å². The van der Waals surface area contributed by atoms with Crippen molar-refractivity contribution < 1.29 is 21.1 Å². The summed E-state index contributed by atoms with van der Waals surface area (Å²) in [5.41, 5.74) is 6.65. The molecule has 4 aromatic rings. The van der Waals surface area contributed by atoms with Crippen LogP contribution in [0.5, 0.6) is 0 Å². The zero-order chi connectivity index (χ0) is 25.1. The van der Waals surface area contributed by atoms with Gasteiger partial charge in [0.05, 0.1) is 11.4 Å². The molecule has 4 rings (SSSR count). The van der Waals surface area contributed by atoms with Gasteiger partial charge in [0.15, 0.2) is 0 Å². The van der Waals surface area contributed by atoms with E-state index in [4.69, 9.17) is 4.98 Å². The van der Waals surface area contributed by atoms with E-state index >= 15 is 0 Å². The van der Waals surface area contributed by atoms with Crippen molar-refractivity contribution >= 4 is 0 Å². The van der Waals surface area contributed by atoms with Gasteiger partial charge < -0.3 is 20.4 Å². The SMILES string of the molecule is CC(C)(C)c1cc(-c2cccc(-c3cc(C(C)(C)C)n[n-]3)n2)[n-]n1.CC(C)(C)c1ccncc1.[Pt+2]. The fraction of sp³-hybridized carbons (Fsp3) is 0.429. The van der Waals surface area contributed by atoms with Gasteiger partial charge in [0.1, 0.15) is 0 Å². The molecule has 188 valence electrons. The first-order valence-electron chi connectivity index (χ1n) is 11.7. The molecule has 0 fully saturated rings. The average Bonchev–Trinajstić information content (AvgIpc) is 3.44. The van der Waals surface area contributed by atoms with Gasteiger partial charge in [-0.1, -0.05) is 91.9 Å². The van der Waals surface area contributed by atoms with E-state index in [0.29, 0.717) is 0 Å². The van der Waals surface area contributed by atoms with Crippen LogP contribution < -0.4 is 10.2 Å². The molecular weight excluding hydrogens is 615 g/mol. The molecule has 6 nitrogen and oxygen atoms in total. The number of hydrogen-bond acceptors (Lipinski definition) is 4. The van der Waals surface area contributed by atoms with Crippen molar-refractivity contribution in [2.24, 2.45) is 0 Å². The first-order valence-corrected chi connectivity index (χ1v) is 11.7. The van der Waals surface area contributed by atoms with Crippen molar-refractivity contribution in [3.63, 3.8) is 0 Å². The third-order valence-electron chi connectivity index (χ3n) is 5.43. The summed E-state index contributed by atoms with van der Waals surface area (Å²) in [5, 5.41) is 17.1. The van der Waals surface area contributed by atoms with Gasteiger partial charge in [0, 0.05) is 34.6 Å². The standard InChI is InChI=1S/C19H23N5.C9H13N.Pt/c1-18(2,3)16-10-14(21-23-16)12-8-7-9-13(20-12)15-11-17(24-22-15)19(4,5)6;1-9(2,3)8-4-6-10-7-5-8;/h7-11H,1-6H3;4-7H,1-3H3;/q-2;;+2. The molecule has 0 amide bonds. The third kappa shape index (κ3) is 7.70. The van der Waals surface area contributed by atoms with Crippen LogP contribution in [0.3, 0.4) is 0 Å². The summed E-state index contributed by atoms with van der Waals surface area (Å²) in [7, 11) is 0. The summed E-state index contributed by atoms with van der Waals surface area (Å²) in [6, 6.07) is 14.0. The Labute approximate surface area is 224 Å². The second-order valence-electron chi connectivity index (χ2n) is 11.6. The molecule has 0 bridgehead atoms. The Morgan fingerprint density at radius 3 is 1.34 bits per heavy atom. The van der Waals surface area contributed by atoms with Crippen LogP contribution in [0.1, 0.15) is 79.3 Å². The molecule has 0 atom stereocenters. The quantitative estimate of drug-likeness (QED) is 0.261. The van der Waals surface area contributed by atoms with E-state index in [-0.39, 0.29) is 37.3 Å². The Kier molecular flexibility index (Phi) is 8.99. The Hall–Kier alpha value is -2.59. The van der Waals surface area contributed by atoms with Crippen LogP contribution in [-0.4, -0.2) is 20.2 Å². The van der Waals surface area contributed by atoms with Crippen molar-refractivity contribution in [3.05, 3.63) is 71.8 Å². The van der Waals surface area contributed by atoms with Gasteiger partial charge in [-0.2, -0.15) is 0 Å². The van der Waals surface area contributed by atoms with Crippen molar-refractivity contribution in [1.82, 2.24) is 30.4 Å². The maximum atomic E-state index is 4.70. The van der Waals surface area contributed by atoms with Gasteiger partial charge >= 0.3 is 21.1 Å². The predicted octanol–water partition coefficient (Wildman–Crippen LogP) is 6.09. The van der Waals surface area contributed by atoms with Crippen LogP contribution >= 0.6 is 0 Å². The molecule has 4 heterocycles. The Morgan fingerprint density at radius 2 is 1.03 bits per heavy atom. The Morgan fingerprint density at radius 1 is 0.600 bits per heavy atom. The Balaban J connectivity index is 0.000000332. The fourth-order valence-corrected chi connectivity index (χ4v) is 3.15. The molecule has 7 heteroatoms. The van der Waals surface area contributed by atoms with Gasteiger partial charge in [-0.25, -0.2) is 0 Å². The summed E-state index contributed by atoms with van der Waals surface area (Å²) in [6.07, 6.45) is 3.67. The Bertz CT molecular complexity index is 1140. The van der Waals surface area contributed by atoms with Crippen LogP contribution in [0, 0.1) is 0 Å². The van der Waals surface area contributed by atoms with Crippen LogP contribution in [-0.2, 0) is 37.3 Å². The third-order valence-corrected chi connectivity index (χ3v) is 5.43. The molecule has 0 saturated carbocycles. The van der Waals surface area contributed by atoms with E-state index in [1.807, 2.05) is 42.7 Å². The van der Waals surface area contributed by atoms with Crippen LogP contribution in [0.4, 0.5) is 0 Å². The number of nitrogens with zero attached hydrogens (tertiary/aromatic N) is 6. The van der Waals surface area contributed by atoms with E-state index in [9.17, 15) is 0 Å². The normalized spacial score (nSPS) is 11.9. The largest absolute Gasteiger partial charge is 2.00 e. The van der Waals surface area contributed by atoms with Gasteiger partial charge in [0.2, 0.25) is 0 Å². The molecule has 35 heavy (non-hydrogen) atoms. The van der Waals surface area contributed by atoms with E-state index < -0.39 is 0 Å².